The van der Waals surface area contributed by atoms with E-state index in [2.05, 4.69) is 9.97 Å². The molecular weight excluding hydrogens is 192 g/mol. The number of rotatable bonds is 1. The van der Waals surface area contributed by atoms with Gasteiger partial charge in [-0.2, -0.15) is 0 Å². The second-order valence-electron chi connectivity index (χ2n) is 3.36. The van der Waals surface area contributed by atoms with Crippen LogP contribution in [0.25, 0.3) is 10.9 Å². The van der Waals surface area contributed by atoms with Gasteiger partial charge < -0.3 is 5.11 Å². The Hall–Kier alpha value is -1.97. The van der Waals surface area contributed by atoms with E-state index in [0.717, 1.165) is 5.39 Å². The van der Waals surface area contributed by atoms with Crippen LogP contribution in [0.2, 0.25) is 0 Å². The van der Waals surface area contributed by atoms with Crippen molar-refractivity contribution >= 4 is 16.7 Å². The van der Waals surface area contributed by atoms with Crippen LogP contribution in [0.3, 0.4) is 0 Å². The van der Waals surface area contributed by atoms with Crippen LogP contribution < -0.4 is 0 Å². The van der Waals surface area contributed by atoms with Crippen molar-refractivity contribution in [2.45, 2.75) is 13.8 Å². The Morgan fingerprint density at radius 1 is 1.33 bits per heavy atom. The molecule has 0 aliphatic heterocycles. The van der Waals surface area contributed by atoms with Crippen LogP contribution in [0, 0.1) is 6.92 Å². The summed E-state index contributed by atoms with van der Waals surface area (Å²) in [5, 5.41) is 10.4. The summed E-state index contributed by atoms with van der Waals surface area (Å²) < 4.78 is 0. The summed E-state index contributed by atoms with van der Waals surface area (Å²) in [6.45, 7) is 3.19. The number of fused-ring (bicyclic) bond motifs is 1. The first-order valence-electron chi connectivity index (χ1n) is 4.57. The second kappa shape index (κ2) is 3.31. The minimum Gasteiger partial charge on any atom is -0.506 e. The van der Waals surface area contributed by atoms with Gasteiger partial charge in [-0.15, -0.1) is 0 Å². The summed E-state index contributed by atoms with van der Waals surface area (Å²) in [4.78, 5) is 19.2. The van der Waals surface area contributed by atoms with Crippen molar-refractivity contribution in [1.82, 2.24) is 9.97 Å². The molecule has 0 saturated carbocycles. The molecule has 4 heteroatoms. The molecule has 0 saturated heterocycles. The molecule has 1 aromatic heterocycles. The summed E-state index contributed by atoms with van der Waals surface area (Å²) in [5.41, 5.74) is 1.12. The lowest BCUT2D eigenvalue weighted by atomic mass is 10.2. The summed E-state index contributed by atoms with van der Waals surface area (Å²) in [6.07, 6.45) is 0. The van der Waals surface area contributed by atoms with E-state index in [1.54, 1.807) is 19.1 Å². The van der Waals surface area contributed by atoms with Gasteiger partial charge in [-0.25, -0.2) is 9.97 Å². The van der Waals surface area contributed by atoms with E-state index in [9.17, 15) is 9.90 Å². The largest absolute Gasteiger partial charge is 0.506 e. The number of carbonyl (C=O) groups is 1. The molecule has 0 unspecified atom stereocenters. The van der Waals surface area contributed by atoms with E-state index in [4.69, 9.17) is 0 Å². The maximum atomic E-state index is 11.1. The van der Waals surface area contributed by atoms with Gasteiger partial charge in [0.15, 0.2) is 11.6 Å². The van der Waals surface area contributed by atoms with Gasteiger partial charge in [0.25, 0.3) is 0 Å². The Morgan fingerprint density at radius 3 is 2.73 bits per heavy atom. The third-order valence-electron chi connectivity index (χ3n) is 2.21. The minimum absolute atomic E-state index is 0.0699. The quantitative estimate of drug-likeness (QED) is 0.717. The Bertz CT molecular complexity index is 550. The molecule has 1 heterocycles. The summed E-state index contributed by atoms with van der Waals surface area (Å²) in [7, 11) is 0. The number of ketones is 1. The first-order valence-corrected chi connectivity index (χ1v) is 4.57. The maximum Gasteiger partial charge on any atom is 0.197 e. The number of aromatic nitrogens is 2. The fraction of sp³-hybridized carbons (Fsp3) is 0.182. The number of Topliss-reactive ketones (excluding diaryl/α,β-unsaturated/α-hetero) is 1. The number of nitrogens with zero attached hydrogens (tertiary/aromatic N) is 2. The van der Waals surface area contributed by atoms with Crippen LogP contribution in [-0.2, 0) is 0 Å². The van der Waals surface area contributed by atoms with Gasteiger partial charge >= 0.3 is 0 Å². The van der Waals surface area contributed by atoms with E-state index in [0.29, 0.717) is 11.2 Å². The molecule has 0 aliphatic carbocycles. The molecule has 0 atom stereocenters. The fourth-order valence-corrected chi connectivity index (χ4v) is 1.45. The summed E-state index contributed by atoms with van der Waals surface area (Å²) in [6, 6.07) is 5.08. The average Bonchev–Trinajstić information content (AvgIpc) is 2.19. The molecular formula is C11H10N2O2. The molecule has 2 aromatic rings. The Morgan fingerprint density at radius 2 is 2.07 bits per heavy atom. The lowest BCUT2D eigenvalue weighted by Crippen LogP contribution is -2.03. The lowest BCUT2D eigenvalue weighted by molar-refractivity contribution is 0.100. The molecule has 0 aliphatic rings. The van der Waals surface area contributed by atoms with Crippen molar-refractivity contribution < 1.29 is 9.90 Å². The van der Waals surface area contributed by atoms with Crippen LogP contribution >= 0.6 is 0 Å². The Kier molecular flexibility index (Phi) is 2.11. The predicted octanol–water partition coefficient (Wildman–Crippen LogP) is 1.85. The Labute approximate surface area is 86.6 Å². The third-order valence-corrected chi connectivity index (χ3v) is 2.21. The first kappa shape index (κ1) is 9.58. The van der Waals surface area contributed by atoms with Crippen LogP contribution in [0.1, 0.15) is 23.2 Å². The SMILES string of the molecule is CC(=O)c1nc(C)c2cccc(O)c2n1. The van der Waals surface area contributed by atoms with Gasteiger partial charge in [0.05, 0.1) is 0 Å². The number of phenols is 1. The lowest BCUT2D eigenvalue weighted by Gasteiger charge is -2.04. The predicted molar refractivity (Wildman–Crippen MR) is 55.9 cm³/mol. The van der Waals surface area contributed by atoms with Crippen molar-refractivity contribution in [3.05, 3.63) is 29.7 Å². The van der Waals surface area contributed by atoms with Gasteiger partial charge in [0.2, 0.25) is 0 Å². The average molecular weight is 202 g/mol. The number of hydrogen-bond donors (Lipinski definition) is 1. The maximum absolute atomic E-state index is 11.1. The minimum atomic E-state index is -0.205. The highest BCUT2D eigenvalue weighted by Gasteiger charge is 2.10. The summed E-state index contributed by atoms with van der Waals surface area (Å²) >= 11 is 0. The van der Waals surface area contributed by atoms with E-state index in [-0.39, 0.29) is 17.4 Å². The number of para-hydroxylation sites is 1. The summed E-state index contributed by atoms with van der Waals surface area (Å²) in [5.74, 6) is 0.00486. The zero-order valence-corrected chi connectivity index (χ0v) is 8.48. The monoisotopic (exact) mass is 202 g/mol. The normalized spacial score (nSPS) is 10.5. The van der Waals surface area contributed by atoms with Crippen molar-refractivity contribution in [2.24, 2.45) is 0 Å². The highest BCUT2D eigenvalue weighted by atomic mass is 16.3. The number of aromatic hydroxyl groups is 1. The van der Waals surface area contributed by atoms with Gasteiger partial charge in [-0.3, -0.25) is 4.79 Å². The molecule has 0 radical (unpaired) electrons. The number of carbonyl (C=O) groups excluding carboxylic acids is 1. The highest BCUT2D eigenvalue weighted by molar-refractivity contribution is 5.94. The van der Waals surface area contributed by atoms with Crippen molar-refractivity contribution in [2.75, 3.05) is 0 Å². The number of phenolic OH excluding ortho intramolecular Hbond substituents is 1. The van der Waals surface area contributed by atoms with Crippen LogP contribution in [-0.4, -0.2) is 20.9 Å². The van der Waals surface area contributed by atoms with E-state index in [1.807, 2.05) is 6.07 Å². The number of benzene rings is 1. The molecule has 1 N–H and O–H groups in total. The molecule has 2 rings (SSSR count). The van der Waals surface area contributed by atoms with Crippen LogP contribution in [0.15, 0.2) is 18.2 Å². The van der Waals surface area contributed by atoms with E-state index < -0.39 is 0 Å². The fourth-order valence-electron chi connectivity index (χ4n) is 1.45. The van der Waals surface area contributed by atoms with Crippen molar-refractivity contribution in [3.63, 3.8) is 0 Å². The molecule has 4 nitrogen and oxygen atoms in total. The molecule has 0 amide bonds. The third kappa shape index (κ3) is 1.54. The van der Waals surface area contributed by atoms with Gasteiger partial charge in [-0.1, -0.05) is 12.1 Å². The zero-order valence-electron chi connectivity index (χ0n) is 8.48. The van der Waals surface area contributed by atoms with Gasteiger partial charge in [-0.05, 0) is 13.0 Å². The second-order valence-corrected chi connectivity index (χ2v) is 3.36. The zero-order chi connectivity index (χ0) is 11.0. The van der Waals surface area contributed by atoms with Crippen LogP contribution in [0.5, 0.6) is 5.75 Å². The van der Waals surface area contributed by atoms with Gasteiger partial charge in [0.1, 0.15) is 11.3 Å². The smallest absolute Gasteiger partial charge is 0.197 e. The molecule has 0 spiro atoms. The van der Waals surface area contributed by atoms with Crippen molar-refractivity contribution in [3.8, 4) is 5.75 Å². The van der Waals surface area contributed by atoms with Gasteiger partial charge in [0, 0.05) is 18.0 Å². The highest BCUT2D eigenvalue weighted by Crippen LogP contribution is 2.23. The molecule has 0 bridgehead atoms. The van der Waals surface area contributed by atoms with E-state index in [1.165, 1.54) is 6.92 Å². The molecule has 15 heavy (non-hydrogen) atoms. The first-order chi connectivity index (χ1) is 7.09. The topological polar surface area (TPSA) is 63.1 Å². The van der Waals surface area contributed by atoms with E-state index >= 15 is 0 Å². The number of hydrogen-bond acceptors (Lipinski definition) is 4. The standard InChI is InChI=1S/C11H10N2O2/c1-6-8-4-3-5-9(15)10(8)13-11(12-6)7(2)14/h3-5,15H,1-2H3. The molecule has 76 valence electrons. The molecule has 1 aromatic carbocycles. The Balaban J connectivity index is 2.85. The van der Waals surface area contributed by atoms with Crippen LogP contribution in [0.4, 0.5) is 0 Å². The van der Waals surface area contributed by atoms with Crippen molar-refractivity contribution in [1.29, 1.82) is 0 Å². The number of aryl methyl sites for hydroxylation is 1. The molecule has 0 fully saturated rings.